The maximum atomic E-state index is 6.35. The molecule has 0 radical (unpaired) electrons. The Morgan fingerprint density at radius 2 is 2.03 bits per heavy atom. The number of aryl methyl sites for hydroxylation is 1. The van der Waals surface area contributed by atoms with Crippen LogP contribution < -0.4 is 10.2 Å². The van der Waals surface area contributed by atoms with Gasteiger partial charge >= 0.3 is 0 Å². The van der Waals surface area contributed by atoms with Crippen molar-refractivity contribution in [3.8, 4) is 11.5 Å². The van der Waals surface area contributed by atoms with Crippen LogP contribution in [-0.2, 0) is 11.3 Å². The molecule has 2 aliphatic rings. The number of halogens is 2. The molecule has 1 fully saturated rings. The van der Waals surface area contributed by atoms with E-state index in [0.29, 0.717) is 46.3 Å². The molecule has 0 bridgehead atoms. The van der Waals surface area contributed by atoms with Crippen molar-refractivity contribution in [3.63, 3.8) is 0 Å². The molecule has 32 heavy (non-hydrogen) atoms. The number of hydroxylamine groups is 1. The zero-order valence-corrected chi connectivity index (χ0v) is 19.0. The third-order valence-corrected chi connectivity index (χ3v) is 6.18. The third kappa shape index (κ3) is 4.72. The number of hydrogen-bond donors (Lipinski definition) is 1. The second kappa shape index (κ2) is 9.06. The van der Waals surface area contributed by atoms with E-state index in [0.717, 1.165) is 16.9 Å². The van der Waals surface area contributed by atoms with E-state index in [4.69, 9.17) is 37.8 Å². The quantitative estimate of drug-likeness (QED) is 0.505. The summed E-state index contributed by atoms with van der Waals surface area (Å²) < 4.78 is 6.23. The SMILES string of the molecule is Cc1nncc(Oc2cccc(C3CC3)c2)c1C1=NC(Cc2ccc(Cl)cc2Cl)CON1. The van der Waals surface area contributed by atoms with Crippen LogP contribution in [0.1, 0.15) is 41.1 Å². The monoisotopic (exact) mass is 468 g/mol. The lowest BCUT2D eigenvalue weighted by molar-refractivity contribution is 0.0623. The van der Waals surface area contributed by atoms with Crippen molar-refractivity contribution in [1.29, 1.82) is 0 Å². The fourth-order valence-corrected chi connectivity index (χ4v) is 4.30. The van der Waals surface area contributed by atoms with E-state index in [1.54, 1.807) is 12.3 Å². The Morgan fingerprint density at radius 1 is 1.16 bits per heavy atom. The van der Waals surface area contributed by atoms with Gasteiger partial charge in [-0.3, -0.25) is 9.83 Å². The van der Waals surface area contributed by atoms with E-state index < -0.39 is 0 Å². The zero-order valence-electron chi connectivity index (χ0n) is 17.5. The van der Waals surface area contributed by atoms with E-state index in [9.17, 15) is 0 Å². The Kier molecular flexibility index (Phi) is 6.00. The molecule has 5 rings (SSSR count). The standard InChI is InChI=1S/C24H22Cl2N4O2/c1-14-23(22(12-27-29-14)32-20-4-2-3-16(10-20)15-5-6-15)24-28-19(13-31-30-24)9-17-7-8-18(25)11-21(17)26/h2-4,7-8,10-12,15,19H,5-6,9,13H2,1H3,(H,28,30). The predicted octanol–water partition coefficient (Wildman–Crippen LogP) is 5.65. The molecule has 164 valence electrons. The summed E-state index contributed by atoms with van der Waals surface area (Å²) in [7, 11) is 0. The van der Waals surface area contributed by atoms with Crippen LogP contribution in [0.15, 0.2) is 53.7 Å². The van der Waals surface area contributed by atoms with Crippen LogP contribution >= 0.6 is 23.2 Å². The Bertz CT molecular complexity index is 1180. The Morgan fingerprint density at radius 3 is 2.84 bits per heavy atom. The molecular weight excluding hydrogens is 447 g/mol. The van der Waals surface area contributed by atoms with Crippen LogP contribution in [0.4, 0.5) is 0 Å². The van der Waals surface area contributed by atoms with Crippen LogP contribution in [0.3, 0.4) is 0 Å². The maximum Gasteiger partial charge on any atom is 0.160 e. The average Bonchev–Trinajstić information content (AvgIpc) is 3.62. The van der Waals surface area contributed by atoms with Crippen molar-refractivity contribution >= 4 is 29.0 Å². The first kappa shape index (κ1) is 21.2. The van der Waals surface area contributed by atoms with Gasteiger partial charge in [-0.1, -0.05) is 41.4 Å². The van der Waals surface area contributed by atoms with Gasteiger partial charge in [0.15, 0.2) is 11.6 Å². The van der Waals surface area contributed by atoms with Crippen molar-refractivity contribution < 1.29 is 9.57 Å². The number of benzene rings is 2. The number of hydrogen-bond acceptors (Lipinski definition) is 6. The normalized spacial score (nSPS) is 18.1. The summed E-state index contributed by atoms with van der Waals surface area (Å²) in [4.78, 5) is 10.5. The average molecular weight is 469 g/mol. The summed E-state index contributed by atoms with van der Waals surface area (Å²) in [6.07, 6.45) is 4.71. The number of nitrogens with zero attached hydrogens (tertiary/aromatic N) is 3. The molecule has 0 amide bonds. The fourth-order valence-electron chi connectivity index (χ4n) is 3.82. The third-order valence-electron chi connectivity index (χ3n) is 5.59. The summed E-state index contributed by atoms with van der Waals surface area (Å²) >= 11 is 12.4. The second-order valence-corrected chi connectivity index (χ2v) is 8.95. The summed E-state index contributed by atoms with van der Waals surface area (Å²) in [5.41, 5.74) is 6.62. The highest BCUT2D eigenvalue weighted by molar-refractivity contribution is 6.35. The summed E-state index contributed by atoms with van der Waals surface area (Å²) in [5.74, 6) is 2.55. The number of aliphatic imine (C=N–C) groups is 1. The first-order valence-corrected chi connectivity index (χ1v) is 11.3. The number of aromatic nitrogens is 2. The first-order valence-electron chi connectivity index (χ1n) is 10.6. The van der Waals surface area contributed by atoms with Gasteiger partial charge in [-0.15, -0.1) is 0 Å². The predicted molar refractivity (Wildman–Crippen MR) is 125 cm³/mol. The molecule has 2 heterocycles. The highest BCUT2D eigenvalue weighted by Gasteiger charge is 2.25. The van der Waals surface area contributed by atoms with E-state index in [1.807, 2.05) is 31.2 Å². The maximum absolute atomic E-state index is 6.35. The topological polar surface area (TPSA) is 68.6 Å². The highest BCUT2D eigenvalue weighted by atomic mass is 35.5. The molecule has 1 N–H and O–H groups in total. The molecule has 1 aromatic heterocycles. The van der Waals surface area contributed by atoms with Crippen LogP contribution in [0.25, 0.3) is 0 Å². The van der Waals surface area contributed by atoms with E-state index in [2.05, 4.69) is 27.8 Å². The summed E-state index contributed by atoms with van der Waals surface area (Å²) in [5, 5.41) is 9.51. The molecule has 6 nitrogen and oxygen atoms in total. The minimum absolute atomic E-state index is 0.122. The molecule has 3 aromatic rings. The zero-order chi connectivity index (χ0) is 22.1. The smallest absolute Gasteiger partial charge is 0.160 e. The van der Waals surface area contributed by atoms with Crippen molar-refractivity contribution in [2.24, 2.45) is 4.99 Å². The first-order chi connectivity index (χ1) is 15.6. The van der Waals surface area contributed by atoms with Crippen molar-refractivity contribution in [3.05, 3.63) is 81.1 Å². The molecule has 2 aromatic carbocycles. The van der Waals surface area contributed by atoms with Gasteiger partial charge in [-0.25, -0.2) is 5.48 Å². The minimum atomic E-state index is -0.122. The van der Waals surface area contributed by atoms with Gasteiger partial charge in [0.2, 0.25) is 0 Å². The largest absolute Gasteiger partial charge is 0.455 e. The van der Waals surface area contributed by atoms with Crippen molar-refractivity contribution in [2.45, 2.75) is 38.1 Å². The van der Waals surface area contributed by atoms with E-state index in [-0.39, 0.29) is 6.04 Å². The molecule has 1 saturated carbocycles. The van der Waals surface area contributed by atoms with Gasteiger partial charge in [-0.05, 0) is 67.5 Å². The van der Waals surface area contributed by atoms with Crippen molar-refractivity contribution in [1.82, 2.24) is 15.7 Å². The Labute approximate surface area is 196 Å². The second-order valence-electron chi connectivity index (χ2n) is 8.10. The van der Waals surface area contributed by atoms with E-state index >= 15 is 0 Å². The number of rotatable bonds is 6. The van der Waals surface area contributed by atoms with Crippen LogP contribution in [0.2, 0.25) is 10.0 Å². The molecule has 1 unspecified atom stereocenters. The van der Waals surface area contributed by atoms with Crippen LogP contribution in [0, 0.1) is 6.92 Å². The van der Waals surface area contributed by atoms with Gasteiger partial charge < -0.3 is 4.74 Å². The number of amidine groups is 1. The minimum Gasteiger partial charge on any atom is -0.455 e. The van der Waals surface area contributed by atoms with Gasteiger partial charge in [-0.2, -0.15) is 10.2 Å². The Balaban J connectivity index is 1.42. The summed E-state index contributed by atoms with van der Waals surface area (Å²) in [6, 6.07) is 13.6. The van der Waals surface area contributed by atoms with Crippen LogP contribution in [0.5, 0.6) is 11.5 Å². The molecule has 0 saturated heterocycles. The van der Waals surface area contributed by atoms with Crippen molar-refractivity contribution in [2.75, 3.05) is 6.61 Å². The molecule has 8 heteroatoms. The number of ether oxygens (including phenoxy) is 1. The van der Waals surface area contributed by atoms with Gasteiger partial charge in [0.1, 0.15) is 5.75 Å². The molecule has 0 spiro atoms. The molecule has 1 aliphatic heterocycles. The van der Waals surface area contributed by atoms with Gasteiger partial charge in [0, 0.05) is 10.0 Å². The van der Waals surface area contributed by atoms with Gasteiger partial charge in [0.05, 0.1) is 30.1 Å². The van der Waals surface area contributed by atoms with Crippen LogP contribution in [-0.4, -0.2) is 28.7 Å². The van der Waals surface area contributed by atoms with E-state index in [1.165, 1.54) is 18.4 Å². The highest BCUT2D eigenvalue weighted by Crippen LogP contribution is 2.41. The fraction of sp³-hybridized carbons (Fsp3) is 0.292. The molecular formula is C24H22Cl2N4O2. The lowest BCUT2D eigenvalue weighted by atomic mass is 10.1. The Hall–Kier alpha value is -2.67. The number of nitrogens with one attached hydrogen (secondary N) is 1. The summed E-state index contributed by atoms with van der Waals surface area (Å²) in [6.45, 7) is 2.29. The lowest BCUT2D eigenvalue weighted by Crippen LogP contribution is -2.37. The lowest BCUT2D eigenvalue weighted by Gasteiger charge is -2.24. The molecule has 1 atom stereocenters. The molecule has 1 aliphatic carbocycles. The van der Waals surface area contributed by atoms with Gasteiger partial charge in [0.25, 0.3) is 0 Å².